The number of nitrogens with one attached hydrogen (secondary N) is 1. The van der Waals surface area contributed by atoms with Crippen LogP contribution in [0, 0.1) is 0 Å². The number of pyridine rings is 1. The molecule has 0 radical (unpaired) electrons. The average Bonchev–Trinajstić information content (AvgIpc) is 2.66. The van der Waals surface area contributed by atoms with E-state index >= 15 is 0 Å². The lowest BCUT2D eigenvalue weighted by Gasteiger charge is -2.35. The van der Waals surface area contributed by atoms with Gasteiger partial charge in [0.15, 0.2) is 0 Å². The minimum atomic E-state index is 0.750. The maximum atomic E-state index is 5.05. The SMILES string of the molecule is COCCCNc1ccnc(N2CCN(c3ccccn3)CC2)n1. The fourth-order valence-corrected chi connectivity index (χ4v) is 2.71. The van der Waals surface area contributed by atoms with Gasteiger partial charge in [0, 0.05) is 58.8 Å². The molecule has 1 fully saturated rings. The van der Waals surface area contributed by atoms with E-state index in [1.165, 1.54) is 0 Å². The Balaban J connectivity index is 1.54. The normalized spacial score (nSPS) is 14.7. The van der Waals surface area contributed by atoms with Gasteiger partial charge in [0.1, 0.15) is 11.6 Å². The van der Waals surface area contributed by atoms with Crippen LogP contribution in [0.15, 0.2) is 36.7 Å². The Morgan fingerprint density at radius 3 is 2.62 bits per heavy atom. The van der Waals surface area contributed by atoms with Gasteiger partial charge in [-0.2, -0.15) is 4.98 Å². The Hall–Kier alpha value is -2.41. The molecule has 1 aliphatic heterocycles. The third-order valence-corrected chi connectivity index (χ3v) is 4.01. The van der Waals surface area contributed by atoms with Gasteiger partial charge in [-0.15, -0.1) is 0 Å². The van der Waals surface area contributed by atoms with Crippen molar-refractivity contribution in [1.82, 2.24) is 15.0 Å². The number of aromatic nitrogens is 3. The highest BCUT2D eigenvalue weighted by Gasteiger charge is 2.19. The summed E-state index contributed by atoms with van der Waals surface area (Å²) in [6, 6.07) is 7.92. The molecule has 3 heterocycles. The lowest BCUT2D eigenvalue weighted by Crippen LogP contribution is -2.47. The zero-order valence-corrected chi connectivity index (χ0v) is 14.1. The summed E-state index contributed by atoms with van der Waals surface area (Å²) in [5.41, 5.74) is 0. The second-order valence-electron chi connectivity index (χ2n) is 5.68. The van der Waals surface area contributed by atoms with Gasteiger partial charge in [-0.3, -0.25) is 0 Å². The van der Waals surface area contributed by atoms with Crippen molar-refractivity contribution in [3.8, 4) is 0 Å². The molecule has 0 atom stereocenters. The Kier molecular flexibility index (Phi) is 5.79. The topological polar surface area (TPSA) is 66.4 Å². The monoisotopic (exact) mass is 328 g/mol. The summed E-state index contributed by atoms with van der Waals surface area (Å²) in [7, 11) is 1.72. The van der Waals surface area contributed by atoms with Crippen LogP contribution < -0.4 is 15.1 Å². The molecule has 0 saturated carbocycles. The Bertz CT molecular complexity index is 615. The summed E-state index contributed by atoms with van der Waals surface area (Å²) in [6.45, 7) is 5.23. The molecule has 1 aliphatic rings. The third kappa shape index (κ3) is 4.32. The largest absolute Gasteiger partial charge is 0.385 e. The molecule has 7 heteroatoms. The number of hydrogen-bond donors (Lipinski definition) is 1. The zero-order chi connectivity index (χ0) is 16.6. The first-order valence-electron chi connectivity index (χ1n) is 8.33. The Morgan fingerprint density at radius 2 is 1.88 bits per heavy atom. The standard InChI is InChI=1S/C17H24N6O/c1-24-14-4-8-18-15-6-9-20-17(21-15)23-12-10-22(11-13-23)16-5-2-3-7-19-16/h2-3,5-7,9H,4,8,10-14H2,1H3,(H,18,20,21). The van der Waals surface area contributed by atoms with E-state index in [-0.39, 0.29) is 0 Å². The van der Waals surface area contributed by atoms with E-state index in [1.807, 2.05) is 30.6 Å². The van der Waals surface area contributed by atoms with Crippen LogP contribution in [-0.2, 0) is 4.74 Å². The van der Waals surface area contributed by atoms with Gasteiger partial charge >= 0.3 is 0 Å². The van der Waals surface area contributed by atoms with E-state index in [1.54, 1.807) is 7.11 Å². The maximum absolute atomic E-state index is 5.05. The molecule has 24 heavy (non-hydrogen) atoms. The summed E-state index contributed by atoms with van der Waals surface area (Å²) in [5, 5.41) is 3.32. The van der Waals surface area contributed by atoms with Gasteiger partial charge in [-0.05, 0) is 24.6 Å². The number of nitrogens with zero attached hydrogens (tertiary/aromatic N) is 5. The van der Waals surface area contributed by atoms with Crippen molar-refractivity contribution >= 4 is 17.6 Å². The Morgan fingerprint density at radius 1 is 1.04 bits per heavy atom. The molecule has 0 amide bonds. The molecular formula is C17H24N6O. The number of ether oxygens (including phenoxy) is 1. The van der Waals surface area contributed by atoms with Crippen molar-refractivity contribution in [2.24, 2.45) is 0 Å². The lowest BCUT2D eigenvalue weighted by molar-refractivity contribution is 0.198. The van der Waals surface area contributed by atoms with Gasteiger partial charge in [0.25, 0.3) is 0 Å². The summed E-state index contributed by atoms with van der Waals surface area (Å²) < 4.78 is 5.05. The van der Waals surface area contributed by atoms with Gasteiger partial charge in [0.05, 0.1) is 0 Å². The molecule has 128 valence electrons. The molecule has 3 rings (SSSR count). The highest BCUT2D eigenvalue weighted by Crippen LogP contribution is 2.17. The van der Waals surface area contributed by atoms with Crippen LogP contribution in [0.4, 0.5) is 17.6 Å². The van der Waals surface area contributed by atoms with Gasteiger partial charge < -0.3 is 19.9 Å². The number of anilines is 3. The quantitative estimate of drug-likeness (QED) is 0.775. The maximum Gasteiger partial charge on any atom is 0.227 e. The molecule has 2 aromatic rings. The van der Waals surface area contributed by atoms with Gasteiger partial charge in [-0.1, -0.05) is 6.07 Å². The van der Waals surface area contributed by atoms with Crippen LogP contribution in [0.3, 0.4) is 0 Å². The fourth-order valence-electron chi connectivity index (χ4n) is 2.71. The molecule has 0 aromatic carbocycles. The minimum absolute atomic E-state index is 0.750. The first-order valence-corrected chi connectivity index (χ1v) is 8.33. The van der Waals surface area contributed by atoms with Crippen LogP contribution in [0.2, 0.25) is 0 Å². The third-order valence-electron chi connectivity index (χ3n) is 4.01. The molecule has 0 unspecified atom stereocenters. The number of rotatable bonds is 7. The van der Waals surface area contributed by atoms with Gasteiger partial charge in [0.2, 0.25) is 5.95 Å². The van der Waals surface area contributed by atoms with E-state index < -0.39 is 0 Å². The molecule has 0 bridgehead atoms. The highest BCUT2D eigenvalue weighted by atomic mass is 16.5. The van der Waals surface area contributed by atoms with E-state index in [4.69, 9.17) is 4.74 Å². The van der Waals surface area contributed by atoms with Gasteiger partial charge in [-0.25, -0.2) is 9.97 Å². The van der Waals surface area contributed by atoms with E-state index in [0.29, 0.717) is 0 Å². The predicted molar refractivity (Wildman–Crippen MR) is 95.7 cm³/mol. The first kappa shape index (κ1) is 16.4. The average molecular weight is 328 g/mol. The summed E-state index contributed by atoms with van der Waals surface area (Å²) >= 11 is 0. The number of piperazine rings is 1. The van der Waals surface area contributed by atoms with E-state index in [0.717, 1.165) is 63.3 Å². The lowest BCUT2D eigenvalue weighted by atomic mass is 10.3. The first-order chi connectivity index (χ1) is 11.9. The zero-order valence-electron chi connectivity index (χ0n) is 14.1. The molecule has 0 spiro atoms. The molecule has 2 aromatic heterocycles. The van der Waals surface area contributed by atoms with Crippen molar-refractivity contribution < 1.29 is 4.74 Å². The van der Waals surface area contributed by atoms with Crippen molar-refractivity contribution in [2.45, 2.75) is 6.42 Å². The van der Waals surface area contributed by atoms with Crippen LogP contribution in [0.5, 0.6) is 0 Å². The van der Waals surface area contributed by atoms with Crippen LogP contribution in [0.1, 0.15) is 6.42 Å². The minimum Gasteiger partial charge on any atom is -0.385 e. The van der Waals surface area contributed by atoms with Crippen LogP contribution >= 0.6 is 0 Å². The smallest absolute Gasteiger partial charge is 0.227 e. The molecule has 1 saturated heterocycles. The summed E-state index contributed by atoms with van der Waals surface area (Å²) in [4.78, 5) is 18.0. The summed E-state index contributed by atoms with van der Waals surface area (Å²) in [5.74, 6) is 2.68. The number of hydrogen-bond acceptors (Lipinski definition) is 7. The summed E-state index contributed by atoms with van der Waals surface area (Å²) in [6.07, 6.45) is 4.61. The van der Waals surface area contributed by atoms with Crippen molar-refractivity contribution in [3.05, 3.63) is 36.7 Å². The van der Waals surface area contributed by atoms with Crippen molar-refractivity contribution in [1.29, 1.82) is 0 Å². The Labute approximate surface area is 142 Å². The molecule has 0 aliphatic carbocycles. The van der Waals surface area contributed by atoms with Crippen molar-refractivity contribution in [2.75, 3.05) is 61.6 Å². The second kappa shape index (κ2) is 8.44. The van der Waals surface area contributed by atoms with E-state index in [2.05, 4.69) is 36.1 Å². The predicted octanol–water partition coefficient (Wildman–Crippen LogP) is 1.65. The number of methoxy groups -OCH3 is 1. The fraction of sp³-hybridized carbons (Fsp3) is 0.471. The molecular weight excluding hydrogens is 304 g/mol. The second-order valence-corrected chi connectivity index (χ2v) is 5.68. The van der Waals surface area contributed by atoms with Crippen LogP contribution in [0.25, 0.3) is 0 Å². The highest BCUT2D eigenvalue weighted by molar-refractivity contribution is 5.44. The molecule has 7 nitrogen and oxygen atoms in total. The van der Waals surface area contributed by atoms with Crippen LogP contribution in [-0.4, -0.2) is 61.4 Å². The van der Waals surface area contributed by atoms with Crippen molar-refractivity contribution in [3.63, 3.8) is 0 Å². The molecule has 1 N–H and O–H groups in total. The van der Waals surface area contributed by atoms with E-state index in [9.17, 15) is 0 Å².